The first-order valence-corrected chi connectivity index (χ1v) is 4.24. The number of halogens is 1. The number of anilines is 1. The van der Waals surface area contributed by atoms with Crippen molar-refractivity contribution in [3.63, 3.8) is 0 Å². The van der Waals surface area contributed by atoms with E-state index < -0.39 is 5.82 Å². The summed E-state index contributed by atoms with van der Waals surface area (Å²) in [6, 6.07) is 5.50. The monoisotopic (exact) mass is 205 g/mol. The second-order valence-electron chi connectivity index (χ2n) is 2.83. The lowest BCUT2D eigenvalue weighted by Gasteiger charge is -2.06. The summed E-state index contributed by atoms with van der Waals surface area (Å²) < 4.78 is 18.0. The fraction of sp³-hybridized carbons (Fsp3) is 0. The summed E-state index contributed by atoms with van der Waals surface area (Å²) in [7, 11) is 0. The van der Waals surface area contributed by atoms with Crippen LogP contribution >= 0.6 is 0 Å². The van der Waals surface area contributed by atoms with Crippen LogP contribution in [0.2, 0.25) is 0 Å². The largest absolute Gasteiger partial charge is 0.437 e. The predicted octanol–water partition coefficient (Wildman–Crippen LogP) is 1.99. The molecule has 0 atom stereocenters. The van der Waals surface area contributed by atoms with Gasteiger partial charge in [0.05, 0.1) is 5.69 Å². The van der Waals surface area contributed by atoms with E-state index in [-0.39, 0.29) is 5.69 Å². The molecular formula is C10H8FN3O. The SMILES string of the molecule is Nc1cc(F)ccc1Oc1ccncn1. The van der Waals surface area contributed by atoms with Crippen molar-refractivity contribution in [3.05, 3.63) is 42.6 Å². The average molecular weight is 205 g/mol. The highest BCUT2D eigenvalue weighted by atomic mass is 19.1. The van der Waals surface area contributed by atoms with Gasteiger partial charge in [-0.25, -0.2) is 14.4 Å². The molecule has 0 fully saturated rings. The summed E-state index contributed by atoms with van der Waals surface area (Å²) in [5.74, 6) is 0.334. The maximum absolute atomic E-state index is 12.7. The Morgan fingerprint density at radius 3 is 2.80 bits per heavy atom. The number of hydrogen-bond acceptors (Lipinski definition) is 4. The van der Waals surface area contributed by atoms with Crippen LogP contribution in [0, 0.1) is 5.82 Å². The van der Waals surface area contributed by atoms with Crippen molar-refractivity contribution >= 4 is 5.69 Å². The summed E-state index contributed by atoms with van der Waals surface area (Å²) in [5.41, 5.74) is 5.79. The molecule has 2 N–H and O–H groups in total. The third kappa shape index (κ3) is 2.19. The topological polar surface area (TPSA) is 61.0 Å². The highest BCUT2D eigenvalue weighted by Gasteiger charge is 2.03. The van der Waals surface area contributed by atoms with Gasteiger partial charge in [0, 0.05) is 18.3 Å². The molecule has 5 heteroatoms. The highest BCUT2D eigenvalue weighted by molar-refractivity contribution is 5.53. The number of hydrogen-bond donors (Lipinski definition) is 1. The molecule has 15 heavy (non-hydrogen) atoms. The van der Waals surface area contributed by atoms with Crippen LogP contribution in [0.25, 0.3) is 0 Å². The Morgan fingerprint density at radius 1 is 1.27 bits per heavy atom. The Morgan fingerprint density at radius 2 is 2.13 bits per heavy atom. The standard InChI is InChI=1S/C10H8FN3O/c11-7-1-2-9(8(12)5-7)15-10-3-4-13-6-14-10/h1-6H,12H2. The molecule has 1 aromatic carbocycles. The van der Waals surface area contributed by atoms with Gasteiger partial charge in [0.15, 0.2) is 5.75 Å². The lowest BCUT2D eigenvalue weighted by atomic mass is 10.3. The molecule has 2 aromatic rings. The lowest BCUT2D eigenvalue weighted by Crippen LogP contribution is -1.94. The first-order valence-electron chi connectivity index (χ1n) is 4.24. The van der Waals surface area contributed by atoms with Gasteiger partial charge in [0.25, 0.3) is 0 Å². The van der Waals surface area contributed by atoms with Crippen molar-refractivity contribution in [2.75, 3.05) is 5.73 Å². The van der Waals surface area contributed by atoms with Gasteiger partial charge in [-0.05, 0) is 12.1 Å². The van der Waals surface area contributed by atoms with Gasteiger partial charge < -0.3 is 10.5 Å². The molecule has 0 amide bonds. The first-order chi connectivity index (χ1) is 7.25. The van der Waals surface area contributed by atoms with Crippen LogP contribution in [-0.4, -0.2) is 9.97 Å². The Kier molecular flexibility index (Phi) is 2.45. The van der Waals surface area contributed by atoms with Crippen LogP contribution in [0.3, 0.4) is 0 Å². The molecule has 1 aromatic heterocycles. The normalized spacial score (nSPS) is 9.93. The summed E-state index contributed by atoms with van der Waals surface area (Å²) >= 11 is 0. The quantitative estimate of drug-likeness (QED) is 0.761. The molecule has 0 saturated heterocycles. The number of benzene rings is 1. The van der Waals surface area contributed by atoms with E-state index in [0.29, 0.717) is 11.6 Å². The van der Waals surface area contributed by atoms with E-state index in [1.54, 1.807) is 12.3 Å². The first kappa shape index (κ1) is 9.39. The summed E-state index contributed by atoms with van der Waals surface area (Å²) in [4.78, 5) is 7.60. The fourth-order valence-electron chi connectivity index (χ4n) is 1.06. The van der Waals surface area contributed by atoms with Crippen LogP contribution in [-0.2, 0) is 0 Å². The van der Waals surface area contributed by atoms with Crippen LogP contribution in [0.15, 0.2) is 36.8 Å². The second-order valence-corrected chi connectivity index (χ2v) is 2.83. The van der Waals surface area contributed by atoms with Crippen molar-refractivity contribution in [1.82, 2.24) is 9.97 Å². The zero-order valence-electron chi connectivity index (χ0n) is 7.72. The maximum Gasteiger partial charge on any atom is 0.222 e. The van der Waals surface area contributed by atoms with Crippen LogP contribution in [0.4, 0.5) is 10.1 Å². The molecule has 0 unspecified atom stereocenters. The molecule has 1 heterocycles. The molecule has 2 rings (SSSR count). The van der Waals surface area contributed by atoms with Crippen molar-refractivity contribution in [3.8, 4) is 11.6 Å². The van der Waals surface area contributed by atoms with Gasteiger partial charge in [-0.3, -0.25) is 0 Å². The van der Waals surface area contributed by atoms with Crippen molar-refractivity contribution in [1.29, 1.82) is 0 Å². The molecule has 4 nitrogen and oxygen atoms in total. The highest BCUT2D eigenvalue weighted by Crippen LogP contribution is 2.26. The van der Waals surface area contributed by atoms with E-state index in [1.807, 2.05) is 0 Å². The minimum atomic E-state index is -0.400. The van der Waals surface area contributed by atoms with E-state index in [2.05, 4.69) is 9.97 Å². The van der Waals surface area contributed by atoms with E-state index in [0.717, 1.165) is 0 Å². The van der Waals surface area contributed by atoms with E-state index in [4.69, 9.17) is 10.5 Å². The fourth-order valence-corrected chi connectivity index (χ4v) is 1.06. The number of rotatable bonds is 2. The third-order valence-electron chi connectivity index (χ3n) is 1.74. The Bertz CT molecular complexity index is 461. The van der Waals surface area contributed by atoms with Gasteiger partial charge in [0.1, 0.15) is 12.1 Å². The summed E-state index contributed by atoms with van der Waals surface area (Å²) in [6.07, 6.45) is 2.90. The molecule has 0 aliphatic heterocycles. The van der Waals surface area contributed by atoms with E-state index in [9.17, 15) is 4.39 Å². The maximum atomic E-state index is 12.7. The predicted molar refractivity (Wildman–Crippen MR) is 52.9 cm³/mol. The van der Waals surface area contributed by atoms with Crippen molar-refractivity contribution in [2.45, 2.75) is 0 Å². The van der Waals surface area contributed by atoms with Gasteiger partial charge in [-0.2, -0.15) is 0 Å². The Balaban J connectivity index is 2.25. The number of ether oxygens (including phenoxy) is 1. The number of nitrogens with zero attached hydrogens (tertiary/aromatic N) is 2. The van der Waals surface area contributed by atoms with E-state index >= 15 is 0 Å². The van der Waals surface area contributed by atoms with Crippen LogP contribution in [0.5, 0.6) is 11.6 Å². The zero-order chi connectivity index (χ0) is 10.7. The smallest absolute Gasteiger partial charge is 0.222 e. The van der Waals surface area contributed by atoms with Gasteiger partial charge in [0.2, 0.25) is 5.88 Å². The summed E-state index contributed by atoms with van der Waals surface area (Å²) in [6.45, 7) is 0. The second kappa shape index (κ2) is 3.91. The minimum Gasteiger partial charge on any atom is -0.437 e. The van der Waals surface area contributed by atoms with Crippen LogP contribution in [0.1, 0.15) is 0 Å². The van der Waals surface area contributed by atoms with Gasteiger partial charge in [-0.1, -0.05) is 0 Å². The molecule has 0 aliphatic rings. The molecule has 76 valence electrons. The average Bonchev–Trinajstić information content (AvgIpc) is 2.24. The Hall–Kier alpha value is -2.17. The summed E-state index contributed by atoms with van der Waals surface area (Å²) in [5, 5.41) is 0. The third-order valence-corrected chi connectivity index (χ3v) is 1.74. The Labute approximate surface area is 85.5 Å². The van der Waals surface area contributed by atoms with Crippen LogP contribution < -0.4 is 10.5 Å². The lowest BCUT2D eigenvalue weighted by molar-refractivity contribution is 0.462. The zero-order valence-corrected chi connectivity index (χ0v) is 7.72. The molecule has 0 saturated carbocycles. The molecular weight excluding hydrogens is 197 g/mol. The molecule has 0 spiro atoms. The number of nitrogen functional groups attached to an aromatic ring is 1. The van der Waals surface area contributed by atoms with Crippen molar-refractivity contribution < 1.29 is 9.13 Å². The molecule has 0 bridgehead atoms. The van der Waals surface area contributed by atoms with Gasteiger partial charge >= 0.3 is 0 Å². The minimum absolute atomic E-state index is 0.230. The molecule has 0 aliphatic carbocycles. The number of aromatic nitrogens is 2. The number of nitrogens with two attached hydrogens (primary N) is 1. The van der Waals surface area contributed by atoms with E-state index in [1.165, 1.54) is 24.5 Å². The van der Waals surface area contributed by atoms with Crippen molar-refractivity contribution in [2.24, 2.45) is 0 Å². The molecule has 0 radical (unpaired) electrons. The van der Waals surface area contributed by atoms with Gasteiger partial charge in [-0.15, -0.1) is 0 Å².